The second-order valence-electron chi connectivity index (χ2n) is 7.37. The van der Waals surface area contributed by atoms with Crippen molar-refractivity contribution in [1.29, 1.82) is 0 Å². The number of anilines is 2. The summed E-state index contributed by atoms with van der Waals surface area (Å²) < 4.78 is 10.9. The monoisotopic (exact) mass is 429 g/mol. The third-order valence-electron chi connectivity index (χ3n) is 5.41. The number of hydrogen-bond donors (Lipinski definition) is 1. The van der Waals surface area contributed by atoms with E-state index >= 15 is 0 Å². The van der Waals surface area contributed by atoms with Gasteiger partial charge in [0.2, 0.25) is 5.91 Å². The van der Waals surface area contributed by atoms with E-state index in [1.807, 2.05) is 36.4 Å². The number of carbonyl (C=O) groups excluding carboxylic acids is 2. The van der Waals surface area contributed by atoms with Gasteiger partial charge in [0.15, 0.2) is 6.61 Å². The van der Waals surface area contributed by atoms with Crippen molar-refractivity contribution in [3.63, 3.8) is 0 Å². The highest BCUT2D eigenvalue weighted by Crippen LogP contribution is 2.34. The highest BCUT2D eigenvalue weighted by molar-refractivity contribution is 6.31. The fraction of sp³-hybridized carbons (Fsp3) is 0.364. The number of fused-ring (bicyclic) bond motifs is 1. The maximum atomic E-state index is 12.5. The molecule has 2 aliphatic rings. The third kappa shape index (κ3) is 4.31. The van der Waals surface area contributed by atoms with Crippen molar-refractivity contribution in [2.75, 3.05) is 43.2 Å². The van der Waals surface area contributed by atoms with Crippen LogP contribution in [0.4, 0.5) is 11.4 Å². The van der Waals surface area contributed by atoms with Gasteiger partial charge in [0.25, 0.3) is 5.91 Å². The van der Waals surface area contributed by atoms with Crippen LogP contribution in [0.5, 0.6) is 11.5 Å². The largest absolute Gasteiger partial charge is 0.495 e. The van der Waals surface area contributed by atoms with E-state index in [9.17, 15) is 9.59 Å². The summed E-state index contributed by atoms with van der Waals surface area (Å²) in [4.78, 5) is 28.6. The SMILES string of the molecule is COc1ccc(Cl)cc1N1CCC(NC(=O)CCN2C(=O)COc3ccccc32)C1. The number of benzene rings is 2. The molecule has 0 radical (unpaired) electrons. The van der Waals surface area contributed by atoms with E-state index in [-0.39, 0.29) is 30.9 Å². The first kappa shape index (κ1) is 20.3. The van der Waals surface area contributed by atoms with E-state index in [4.69, 9.17) is 21.1 Å². The van der Waals surface area contributed by atoms with Gasteiger partial charge >= 0.3 is 0 Å². The Hall–Kier alpha value is -2.93. The number of halogens is 1. The first-order valence-electron chi connectivity index (χ1n) is 9.95. The van der Waals surface area contributed by atoms with Crippen molar-refractivity contribution in [3.05, 3.63) is 47.5 Å². The molecule has 0 saturated carbocycles. The number of para-hydroxylation sites is 2. The summed E-state index contributed by atoms with van der Waals surface area (Å²) in [7, 11) is 1.63. The number of hydrogen-bond acceptors (Lipinski definition) is 5. The summed E-state index contributed by atoms with van der Waals surface area (Å²) in [5.41, 5.74) is 1.64. The molecule has 8 heteroatoms. The molecule has 1 N–H and O–H groups in total. The lowest BCUT2D eigenvalue weighted by molar-refractivity contribution is -0.122. The number of carbonyl (C=O) groups is 2. The zero-order valence-electron chi connectivity index (χ0n) is 16.8. The minimum atomic E-state index is -0.137. The molecule has 2 aromatic rings. The first-order valence-corrected chi connectivity index (χ1v) is 10.3. The van der Waals surface area contributed by atoms with Crippen LogP contribution in [0.25, 0.3) is 0 Å². The second kappa shape index (κ2) is 8.83. The number of amides is 2. The molecule has 30 heavy (non-hydrogen) atoms. The average Bonchev–Trinajstić information content (AvgIpc) is 3.21. The van der Waals surface area contributed by atoms with Crippen LogP contribution in [0.3, 0.4) is 0 Å². The molecule has 1 saturated heterocycles. The number of methoxy groups -OCH3 is 1. The summed E-state index contributed by atoms with van der Waals surface area (Å²) in [5.74, 6) is 1.22. The summed E-state index contributed by atoms with van der Waals surface area (Å²) in [6, 6.07) is 12.9. The highest BCUT2D eigenvalue weighted by atomic mass is 35.5. The van der Waals surface area contributed by atoms with Gasteiger partial charge in [-0.2, -0.15) is 0 Å². The lowest BCUT2D eigenvalue weighted by Crippen LogP contribution is -2.42. The van der Waals surface area contributed by atoms with Gasteiger partial charge < -0.3 is 24.6 Å². The van der Waals surface area contributed by atoms with Crippen LogP contribution < -0.4 is 24.6 Å². The molecule has 1 fully saturated rings. The zero-order chi connectivity index (χ0) is 21.1. The summed E-state index contributed by atoms with van der Waals surface area (Å²) in [6.07, 6.45) is 1.07. The Morgan fingerprint density at radius 2 is 2.10 bits per heavy atom. The maximum absolute atomic E-state index is 12.5. The quantitative estimate of drug-likeness (QED) is 0.764. The van der Waals surface area contributed by atoms with Gasteiger partial charge in [-0.1, -0.05) is 23.7 Å². The fourth-order valence-corrected chi connectivity index (χ4v) is 4.09. The molecule has 2 heterocycles. The Morgan fingerprint density at radius 3 is 2.93 bits per heavy atom. The minimum Gasteiger partial charge on any atom is -0.495 e. The van der Waals surface area contributed by atoms with Crippen LogP contribution in [-0.4, -0.2) is 51.2 Å². The van der Waals surface area contributed by atoms with Crippen LogP contribution in [0.2, 0.25) is 5.02 Å². The molecule has 1 unspecified atom stereocenters. The molecule has 2 aliphatic heterocycles. The van der Waals surface area contributed by atoms with E-state index < -0.39 is 0 Å². The van der Waals surface area contributed by atoms with Gasteiger partial charge in [-0.25, -0.2) is 0 Å². The topological polar surface area (TPSA) is 71.1 Å². The Morgan fingerprint density at radius 1 is 1.27 bits per heavy atom. The number of nitrogens with one attached hydrogen (secondary N) is 1. The molecule has 7 nitrogen and oxygen atoms in total. The van der Waals surface area contributed by atoms with E-state index in [0.29, 0.717) is 29.5 Å². The molecular formula is C22H24ClN3O4. The standard InChI is InChI=1S/C22H24ClN3O4/c1-29-19-7-6-15(23)12-18(19)25-10-8-16(13-25)24-21(27)9-11-26-17-4-2-3-5-20(17)30-14-22(26)28/h2-7,12,16H,8-11,13-14H2,1H3,(H,24,27). The molecule has 0 bridgehead atoms. The van der Waals surface area contributed by atoms with Crippen LogP contribution in [0.15, 0.2) is 42.5 Å². The van der Waals surface area contributed by atoms with Gasteiger partial charge in [-0.05, 0) is 36.8 Å². The van der Waals surface area contributed by atoms with Gasteiger partial charge in [0.1, 0.15) is 11.5 Å². The molecule has 0 aliphatic carbocycles. The van der Waals surface area contributed by atoms with Crippen LogP contribution in [0, 0.1) is 0 Å². The maximum Gasteiger partial charge on any atom is 0.265 e. The molecule has 2 aromatic carbocycles. The van der Waals surface area contributed by atoms with E-state index in [2.05, 4.69) is 10.2 Å². The van der Waals surface area contributed by atoms with Gasteiger partial charge in [0, 0.05) is 37.1 Å². The lowest BCUT2D eigenvalue weighted by atomic mass is 10.2. The van der Waals surface area contributed by atoms with Crippen molar-refractivity contribution < 1.29 is 19.1 Å². The van der Waals surface area contributed by atoms with Crippen LogP contribution in [-0.2, 0) is 9.59 Å². The lowest BCUT2D eigenvalue weighted by Gasteiger charge is -2.29. The van der Waals surface area contributed by atoms with Gasteiger partial charge in [-0.15, -0.1) is 0 Å². The second-order valence-corrected chi connectivity index (χ2v) is 7.80. The van der Waals surface area contributed by atoms with E-state index in [0.717, 1.165) is 24.4 Å². The number of ether oxygens (including phenoxy) is 2. The van der Waals surface area contributed by atoms with Crippen molar-refractivity contribution in [1.82, 2.24) is 5.32 Å². The number of rotatable bonds is 6. The Kier molecular flexibility index (Phi) is 5.99. The highest BCUT2D eigenvalue weighted by Gasteiger charge is 2.28. The van der Waals surface area contributed by atoms with E-state index in [1.165, 1.54) is 0 Å². The number of nitrogens with zero attached hydrogens (tertiary/aromatic N) is 2. The Labute approximate surface area is 180 Å². The predicted octanol–water partition coefficient (Wildman–Crippen LogP) is 2.86. The Bertz CT molecular complexity index is 952. The van der Waals surface area contributed by atoms with Gasteiger partial charge in [0.05, 0.1) is 18.5 Å². The van der Waals surface area contributed by atoms with Crippen molar-refractivity contribution >= 4 is 34.8 Å². The molecule has 0 aromatic heterocycles. The van der Waals surface area contributed by atoms with Crippen LogP contribution in [0.1, 0.15) is 12.8 Å². The molecule has 4 rings (SSSR count). The van der Waals surface area contributed by atoms with Crippen molar-refractivity contribution in [2.24, 2.45) is 0 Å². The molecular weight excluding hydrogens is 406 g/mol. The van der Waals surface area contributed by atoms with Crippen molar-refractivity contribution in [3.8, 4) is 11.5 Å². The smallest absolute Gasteiger partial charge is 0.265 e. The Balaban J connectivity index is 1.33. The van der Waals surface area contributed by atoms with Crippen LogP contribution >= 0.6 is 11.6 Å². The zero-order valence-corrected chi connectivity index (χ0v) is 17.5. The average molecular weight is 430 g/mol. The predicted molar refractivity (Wildman–Crippen MR) is 116 cm³/mol. The van der Waals surface area contributed by atoms with Gasteiger partial charge in [-0.3, -0.25) is 9.59 Å². The van der Waals surface area contributed by atoms with Crippen molar-refractivity contribution in [2.45, 2.75) is 18.9 Å². The minimum absolute atomic E-state index is 0.00230. The summed E-state index contributed by atoms with van der Waals surface area (Å²) in [5, 5.41) is 3.73. The molecule has 2 amide bonds. The summed E-state index contributed by atoms with van der Waals surface area (Å²) in [6.45, 7) is 1.81. The molecule has 0 spiro atoms. The molecule has 1 atom stereocenters. The molecule has 158 valence electrons. The first-order chi connectivity index (χ1) is 14.5. The fourth-order valence-electron chi connectivity index (χ4n) is 3.92. The normalized spacial score (nSPS) is 18.1. The summed E-state index contributed by atoms with van der Waals surface area (Å²) >= 11 is 6.14. The van der Waals surface area contributed by atoms with E-state index in [1.54, 1.807) is 18.1 Å². The third-order valence-corrected chi connectivity index (χ3v) is 5.64.